The molecule has 156 valence electrons. The number of nitrogens with one attached hydrogen (secondary N) is 1. The summed E-state index contributed by atoms with van der Waals surface area (Å²) in [6.07, 6.45) is 3.03. The van der Waals surface area contributed by atoms with Crippen LogP contribution in [0.1, 0.15) is 57.3 Å². The fourth-order valence-electron chi connectivity index (χ4n) is 3.61. The molecule has 1 heterocycles. The molecule has 0 bridgehead atoms. The van der Waals surface area contributed by atoms with Crippen LogP contribution in [-0.4, -0.2) is 49.1 Å². The third kappa shape index (κ3) is 4.58. The molecule has 1 saturated heterocycles. The molecule has 7 heteroatoms. The highest BCUT2D eigenvalue weighted by Gasteiger charge is 2.32. The van der Waals surface area contributed by atoms with Crippen LogP contribution in [0.5, 0.6) is 11.5 Å². The molecular weight excluding hydrogens is 358 g/mol. The molecule has 1 aliphatic rings. The lowest BCUT2D eigenvalue weighted by molar-refractivity contribution is -0.119. The van der Waals surface area contributed by atoms with Crippen molar-refractivity contribution in [3.8, 4) is 11.5 Å². The first-order valence-corrected chi connectivity index (χ1v) is 9.86. The van der Waals surface area contributed by atoms with Gasteiger partial charge in [-0.25, -0.2) is 0 Å². The van der Waals surface area contributed by atoms with Crippen molar-refractivity contribution in [3.63, 3.8) is 0 Å². The molecule has 3 N–H and O–H groups in total. The topological polar surface area (TPSA) is 93.9 Å². The quantitative estimate of drug-likeness (QED) is 0.777. The summed E-state index contributed by atoms with van der Waals surface area (Å²) in [4.78, 5) is 27.9. The molecule has 4 atom stereocenters. The number of rotatable bonds is 6. The Morgan fingerprint density at radius 3 is 2.14 bits per heavy atom. The summed E-state index contributed by atoms with van der Waals surface area (Å²) in [7, 11) is 3.04. The van der Waals surface area contributed by atoms with Crippen molar-refractivity contribution in [1.82, 2.24) is 4.90 Å². The fourth-order valence-corrected chi connectivity index (χ4v) is 3.61. The van der Waals surface area contributed by atoms with Gasteiger partial charge < -0.3 is 25.4 Å². The Kier molecular flexibility index (Phi) is 7.29. The number of benzene rings is 1. The van der Waals surface area contributed by atoms with E-state index in [2.05, 4.69) is 19.2 Å². The first-order valence-electron chi connectivity index (χ1n) is 9.86. The second-order valence-electron chi connectivity index (χ2n) is 7.73. The molecule has 0 aromatic heterocycles. The van der Waals surface area contributed by atoms with Gasteiger partial charge in [0.15, 0.2) is 11.5 Å². The normalized spacial score (nSPS) is 21.6. The number of hydrogen-bond donors (Lipinski definition) is 2. The number of carbonyl (C=O) groups excluding carboxylic acids is 2. The van der Waals surface area contributed by atoms with E-state index in [1.54, 1.807) is 26.0 Å². The van der Waals surface area contributed by atoms with Crippen LogP contribution < -0.4 is 20.5 Å². The highest BCUT2D eigenvalue weighted by Crippen LogP contribution is 2.36. The predicted molar refractivity (Wildman–Crippen MR) is 110 cm³/mol. The highest BCUT2D eigenvalue weighted by molar-refractivity contribution is 6.05. The van der Waals surface area contributed by atoms with Gasteiger partial charge in [-0.3, -0.25) is 9.59 Å². The second-order valence-corrected chi connectivity index (χ2v) is 7.73. The summed E-state index contributed by atoms with van der Waals surface area (Å²) in [5.41, 5.74) is 6.66. The summed E-state index contributed by atoms with van der Waals surface area (Å²) < 4.78 is 10.7. The van der Waals surface area contributed by atoms with Gasteiger partial charge in [0.25, 0.3) is 5.91 Å². The summed E-state index contributed by atoms with van der Waals surface area (Å²) >= 11 is 0. The zero-order valence-electron chi connectivity index (χ0n) is 17.7. The zero-order chi connectivity index (χ0) is 21.0. The number of carbonyl (C=O) groups is 2. The van der Waals surface area contributed by atoms with Gasteiger partial charge >= 0.3 is 0 Å². The largest absolute Gasteiger partial charge is 0.493 e. The number of amides is 2. The molecule has 0 saturated carbocycles. The number of nitrogens with two attached hydrogens (primary N) is 1. The van der Waals surface area contributed by atoms with Crippen LogP contribution in [0.4, 0.5) is 5.69 Å². The Hall–Kier alpha value is -2.28. The summed E-state index contributed by atoms with van der Waals surface area (Å²) in [5, 5.41) is 2.87. The molecule has 1 aliphatic heterocycles. The number of methoxy groups -OCH3 is 2. The summed E-state index contributed by atoms with van der Waals surface area (Å²) in [5.74, 6) is 0.133. The zero-order valence-corrected chi connectivity index (χ0v) is 17.7. The third-order valence-electron chi connectivity index (χ3n) is 5.64. The number of likely N-dealkylation sites (tertiary alicyclic amines) is 1. The van der Waals surface area contributed by atoms with Crippen LogP contribution in [0.2, 0.25) is 0 Å². The van der Waals surface area contributed by atoms with E-state index in [0.717, 1.165) is 19.3 Å². The monoisotopic (exact) mass is 391 g/mol. The van der Waals surface area contributed by atoms with Crippen LogP contribution in [0.15, 0.2) is 12.1 Å². The lowest BCUT2D eigenvalue weighted by atomic mass is 9.95. The Morgan fingerprint density at radius 1 is 1.11 bits per heavy atom. The van der Waals surface area contributed by atoms with Gasteiger partial charge in [-0.05, 0) is 46.1 Å². The first-order chi connectivity index (χ1) is 13.2. The maximum absolute atomic E-state index is 13.4. The lowest BCUT2D eigenvalue weighted by Gasteiger charge is -2.39. The maximum atomic E-state index is 13.4. The average molecular weight is 392 g/mol. The molecule has 1 aromatic rings. The van der Waals surface area contributed by atoms with Crippen LogP contribution in [0, 0.1) is 5.92 Å². The average Bonchev–Trinajstić information content (AvgIpc) is 2.66. The fraction of sp³-hybridized carbons (Fsp3) is 0.619. The van der Waals surface area contributed by atoms with Gasteiger partial charge in [0.1, 0.15) is 0 Å². The Balaban J connectivity index is 2.48. The molecule has 1 fully saturated rings. The highest BCUT2D eigenvalue weighted by atomic mass is 16.5. The molecule has 2 rings (SSSR count). The van der Waals surface area contributed by atoms with Crippen molar-refractivity contribution in [1.29, 1.82) is 0 Å². The molecule has 4 unspecified atom stereocenters. The van der Waals surface area contributed by atoms with Crippen molar-refractivity contribution in [2.45, 2.75) is 65.1 Å². The van der Waals surface area contributed by atoms with E-state index in [9.17, 15) is 9.59 Å². The van der Waals surface area contributed by atoms with Gasteiger partial charge in [-0.15, -0.1) is 0 Å². The molecule has 2 amide bonds. The van der Waals surface area contributed by atoms with Gasteiger partial charge in [0.2, 0.25) is 5.91 Å². The van der Waals surface area contributed by atoms with Gasteiger partial charge in [-0.2, -0.15) is 0 Å². The number of nitrogens with zero attached hydrogens (tertiary/aromatic N) is 1. The molecular formula is C21H33N3O4. The SMILES string of the molecule is COc1cc(NC(=O)C(C)C(C)N)c(C(=O)N2C(C)CCCC2C)cc1OC. The van der Waals surface area contributed by atoms with E-state index in [0.29, 0.717) is 22.7 Å². The smallest absolute Gasteiger partial charge is 0.256 e. The number of anilines is 1. The Bertz CT molecular complexity index is 710. The minimum atomic E-state index is -0.399. The van der Waals surface area contributed by atoms with Gasteiger partial charge in [0.05, 0.1) is 31.4 Å². The number of hydrogen-bond acceptors (Lipinski definition) is 5. The van der Waals surface area contributed by atoms with Crippen LogP contribution in [0.25, 0.3) is 0 Å². The lowest BCUT2D eigenvalue weighted by Crippen LogP contribution is -2.47. The second kappa shape index (κ2) is 9.28. The van der Waals surface area contributed by atoms with E-state index in [4.69, 9.17) is 15.2 Å². The summed E-state index contributed by atoms with van der Waals surface area (Å²) in [6.45, 7) is 7.66. The van der Waals surface area contributed by atoms with Crippen molar-refractivity contribution in [2.75, 3.05) is 19.5 Å². The number of ether oxygens (including phenoxy) is 2. The van der Waals surface area contributed by atoms with Crippen LogP contribution in [-0.2, 0) is 4.79 Å². The van der Waals surface area contributed by atoms with Crippen LogP contribution in [0.3, 0.4) is 0 Å². The minimum Gasteiger partial charge on any atom is -0.493 e. The molecule has 28 heavy (non-hydrogen) atoms. The molecule has 1 aromatic carbocycles. The van der Waals surface area contributed by atoms with Crippen molar-refractivity contribution < 1.29 is 19.1 Å². The molecule has 0 aliphatic carbocycles. The first kappa shape index (κ1) is 22.0. The standard InChI is InChI=1S/C21H33N3O4/c1-12-8-7-9-13(2)24(12)21(26)16-10-18(27-5)19(28-6)11-17(16)23-20(25)14(3)15(4)22/h10-15H,7-9,22H2,1-6H3,(H,23,25). The molecule has 0 radical (unpaired) electrons. The molecule has 7 nitrogen and oxygen atoms in total. The van der Waals surface area contributed by atoms with E-state index in [1.165, 1.54) is 14.2 Å². The van der Waals surface area contributed by atoms with E-state index >= 15 is 0 Å². The van der Waals surface area contributed by atoms with Crippen molar-refractivity contribution >= 4 is 17.5 Å². The summed E-state index contributed by atoms with van der Waals surface area (Å²) in [6, 6.07) is 3.24. The maximum Gasteiger partial charge on any atom is 0.256 e. The Morgan fingerprint density at radius 2 is 1.64 bits per heavy atom. The van der Waals surface area contributed by atoms with Crippen LogP contribution >= 0.6 is 0 Å². The van der Waals surface area contributed by atoms with E-state index < -0.39 is 5.92 Å². The van der Waals surface area contributed by atoms with Gasteiger partial charge in [0, 0.05) is 24.2 Å². The predicted octanol–water partition coefficient (Wildman–Crippen LogP) is 3.03. The third-order valence-corrected chi connectivity index (χ3v) is 5.64. The van der Waals surface area contributed by atoms with Crippen molar-refractivity contribution in [3.05, 3.63) is 17.7 Å². The van der Waals surface area contributed by atoms with E-state index in [-0.39, 0.29) is 29.9 Å². The number of piperidine rings is 1. The minimum absolute atomic E-state index is 0.121. The van der Waals surface area contributed by atoms with Crippen molar-refractivity contribution in [2.24, 2.45) is 11.7 Å². The van der Waals surface area contributed by atoms with Gasteiger partial charge in [-0.1, -0.05) is 6.92 Å². The van der Waals surface area contributed by atoms with E-state index in [1.807, 2.05) is 4.90 Å². The molecule has 0 spiro atoms. The Labute approximate surface area is 167 Å².